The molecule has 0 fully saturated rings. The molecular weight excluding hydrogens is 281 g/mol. The number of halogens is 4. The Morgan fingerprint density at radius 3 is 2.47 bits per heavy atom. The van der Waals surface area contributed by atoms with Crippen LogP contribution in [0.5, 0.6) is 0 Å². The van der Waals surface area contributed by atoms with Crippen LogP contribution in [-0.2, 0) is 6.18 Å². The van der Waals surface area contributed by atoms with Crippen molar-refractivity contribution in [2.45, 2.75) is 6.18 Å². The Labute approximate surface area is 111 Å². The van der Waals surface area contributed by atoms with Gasteiger partial charge in [0.2, 0.25) is 0 Å². The Kier molecular flexibility index (Phi) is 3.23. The van der Waals surface area contributed by atoms with E-state index in [1.807, 2.05) is 0 Å². The van der Waals surface area contributed by atoms with Crippen molar-refractivity contribution in [3.8, 4) is 5.69 Å². The van der Waals surface area contributed by atoms with Crippen LogP contribution in [0.1, 0.15) is 11.3 Å². The molecule has 0 saturated carbocycles. The topological polar surface area (TPSA) is 67.7 Å². The van der Waals surface area contributed by atoms with Gasteiger partial charge in [-0.25, -0.2) is 4.68 Å². The Hall–Kier alpha value is -2.02. The summed E-state index contributed by atoms with van der Waals surface area (Å²) in [5, 5.41) is 10.9. The third-order valence-corrected chi connectivity index (χ3v) is 2.73. The molecule has 3 N–H and O–H groups in total. The number of rotatable bonds is 2. The number of nitrogens with zero attached hydrogens (tertiary/aromatic N) is 2. The zero-order chi connectivity index (χ0) is 14.2. The lowest BCUT2D eigenvalue weighted by atomic mass is 10.2. The van der Waals surface area contributed by atoms with Gasteiger partial charge in [-0.2, -0.15) is 18.3 Å². The molecule has 100 valence electrons. The molecule has 1 heterocycles. The van der Waals surface area contributed by atoms with Gasteiger partial charge in [-0.05, 0) is 12.1 Å². The fourth-order valence-electron chi connectivity index (χ4n) is 1.62. The number of nitrogen functional groups attached to an aromatic ring is 1. The van der Waals surface area contributed by atoms with E-state index in [2.05, 4.69) is 5.10 Å². The summed E-state index contributed by atoms with van der Waals surface area (Å²) in [4.78, 5) is 0. The lowest BCUT2D eigenvalue weighted by Crippen LogP contribution is -2.20. The molecule has 0 unspecified atom stereocenters. The summed E-state index contributed by atoms with van der Waals surface area (Å²) < 4.78 is 39.8. The first-order chi connectivity index (χ1) is 8.82. The van der Waals surface area contributed by atoms with E-state index in [1.54, 1.807) is 6.07 Å². The van der Waals surface area contributed by atoms with E-state index in [0.717, 1.165) is 6.20 Å². The summed E-state index contributed by atoms with van der Waals surface area (Å²) in [6.07, 6.45) is -3.80. The van der Waals surface area contributed by atoms with E-state index in [0.29, 0.717) is 4.68 Å². The average Bonchev–Trinajstić information content (AvgIpc) is 2.73. The van der Waals surface area contributed by atoms with Crippen molar-refractivity contribution in [1.29, 1.82) is 5.41 Å². The number of amidine groups is 1. The molecule has 2 aromatic rings. The second kappa shape index (κ2) is 4.58. The third kappa shape index (κ3) is 2.41. The first-order valence-electron chi connectivity index (χ1n) is 5.07. The van der Waals surface area contributed by atoms with Crippen LogP contribution in [0.4, 0.5) is 13.2 Å². The summed E-state index contributed by atoms with van der Waals surface area (Å²) in [6, 6.07) is 5.98. The molecule has 0 amide bonds. The van der Waals surface area contributed by atoms with E-state index < -0.39 is 23.3 Å². The molecule has 0 saturated heterocycles. The molecule has 8 heteroatoms. The molecule has 1 aromatic carbocycles. The van der Waals surface area contributed by atoms with Gasteiger partial charge in [0.1, 0.15) is 5.84 Å². The molecule has 0 aliphatic heterocycles. The van der Waals surface area contributed by atoms with Crippen LogP contribution in [-0.4, -0.2) is 15.6 Å². The normalized spacial score (nSPS) is 11.6. The van der Waals surface area contributed by atoms with E-state index in [4.69, 9.17) is 22.7 Å². The summed E-state index contributed by atoms with van der Waals surface area (Å²) in [7, 11) is 0. The van der Waals surface area contributed by atoms with Gasteiger partial charge in [-0.1, -0.05) is 23.7 Å². The van der Waals surface area contributed by atoms with E-state index in [9.17, 15) is 13.2 Å². The predicted molar refractivity (Wildman–Crippen MR) is 64.6 cm³/mol. The number of para-hydroxylation sites is 1. The maximum Gasteiger partial charge on any atom is 0.434 e. The molecule has 2 rings (SSSR count). The first kappa shape index (κ1) is 13.4. The van der Waals surface area contributed by atoms with Crippen molar-refractivity contribution >= 4 is 17.4 Å². The Balaban J connectivity index is 2.73. The van der Waals surface area contributed by atoms with Gasteiger partial charge in [0.25, 0.3) is 0 Å². The SMILES string of the molecule is N=C(N)c1cnn(-c2ccccc2Cl)c1C(F)(F)F. The zero-order valence-electron chi connectivity index (χ0n) is 9.37. The maximum absolute atomic E-state index is 13.1. The van der Waals surface area contributed by atoms with Crippen LogP contribution in [0, 0.1) is 5.41 Å². The molecule has 0 radical (unpaired) electrons. The van der Waals surface area contributed by atoms with Crippen LogP contribution in [0.2, 0.25) is 5.02 Å². The highest BCUT2D eigenvalue weighted by Crippen LogP contribution is 2.34. The van der Waals surface area contributed by atoms with Gasteiger partial charge in [-0.3, -0.25) is 5.41 Å². The van der Waals surface area contributed by atoms with Crippen molar-refractivity contribution in [2.24, 2.45) is 5.73 Å². The minimum absolute atomic E-state index is 0.0731. The summed E-state index contributed by atoms with van der Waals surface area (Å²) >= 11 is 5.86. The Bertz CT molecular complexity index is 633. The van der Waals surface area contributed by atoms with E-state index in [1.165, 1.54) is 18.2 Å². The number of hydrogen-bond acceptors (Lipinski definition) is 2. The van der Waals surface area contributed by atoms with Gasteiger partial charge in [0, 0.05) is 0 Å². The molecule has 19 heavy (non-hydrogen) atoms. The molecule has 4 nitrogen and oxygen atoms in total. The fourth-order valence-corrected chi connectivity index (χ4v) is 1.84. The molecule has 0 aliphatic carbocycles. The Morgan fingerprint density at radius 1 is 1.32 bits per heavy atom. The van der Waals surface area contributed by atoms with Crippen molar-refractivity contribution in [3.63, 3.8) is 0 Å². The number of alkyl halides is 3. The first-order valence-corrected chi connectivity index (χ1v) is 5.44. The monoisotopic (exact) mass is 288 g/mol. The molecular formula is C11H8ClF3N4. The second-order valence-corrected chi connectivity index (χ2v) is 4.09. The van der Waals surface area contributed by atoms with Crippen molar-refractivity contribution in [2.75, 3.05) is 0 Å². The predicted octanol–water partition coefficient (Wildman–Crippen LogP) is 2.83. The van der Waals surface area contributed by atoms with Crippen molar-refractivity contribution in [3.05, 3.63) is 46.7 Å². The maximum atomic E-state index is 13.1. The molecule has 0 aliphatic rings. The van der Waals surface area contributed by atoms with Crippen molar-refractivity contribution < 1.29 is 13.2 Å². The van der Waals surface area contributed by atoms with E-state index >= 15 is 0 Å². The number of aromatic nitrogens is 2. The molecule has 0 atom stereocenters. The van der Waals surface area contributed by atoms with Gasteiger partial charge in [0.05, 0.1) is 22.5 Å². The number of nitrogens with two attached hydrogens (primary N) is 1. The highest BCUT2D eigenvalue weighted by molar-refractivity contribution is 6.32. The second-order valence-electron chi connectivity index (χ2n) is 3.68. The molecule has 1 aromatic heterocycles. The van der Waals surface area contributed by atoms with Crippen LogP contribution in [0.15, 0.2) is 30.5 Å². The minimum Gasteiger partial charge on any atom is -0.384 e. The quantitative estimate of drug-likeness (QED) is 0.659. The summed E-state index contributed by atoms with van der Waals surface area (Å²) in [5.74, 6) is -0.703. The number of nitrogens with one attached hydrogen (secondary N) is 1. The smallest absolute Gasteiger partial charge is 0.384 e. The zero-order valence-corrected chi connectivity index (χ0v) is 10.1. The summed E-state index contributed by atoms with van der Waals surface area (Å²) in [6.45, 7) is 0. The van der Waals surface area contributed by atoms with Gasteiger partial charge in [0.15, 0.2) is 5.69 Å². The van der Waals surface area contributed by atoms with Gasteiger partial charge in [-0.15, -0.1) is 0 Å². The van der Waals surface area contributed by atoms with Crippen molar-refractivity contribution in [1.82, 2.24) is 9.78 Å². The third-order valence-electron chi connectivity index (χ3n) is 2.41. The Morgan fingerprint density at radius 2 is 1.95 bits per heavy atom. The highest BCUT2D eigenvalue weighted by Gasteiger charge is 2.39. The van der Waals surface area contributed by atoms with Crippen LogP contribution in [0.3, 0.4) is 0 Å². The largest absolute Gasteiger partial charge is 0.434 e. The summed E-state index contributed by atoms with van der Waals surface area (Å²) in [5.41, 5.74) is 3.61. The van der Waals surface area contributed by atoms with Crippen LogP contribution in [0.25, 0.3) is 5.69 Å². The number of benzene rings is 1. The van der Waals surface area contributed by atoms with Gasteiger partial charge < -0.3 is 5.73 Å². The minimum atomic E-state index is -4.70. The average molecular weight is 289 g/mol. The fraction of sp³-hybridized carbons (Fsp3) is 0.0909. The molecule has 0 bridgehead atoms. The lowest BCUT2D eigenvalue weighted by molar-refractivity contribution is -0.142. The lowest BCUT2D eigenvalue weighted by Gasteiger charge is -2.13. The van der Waals surface area contributed by atoms with Crippen LogP contribution >= 0.6 is 11.6 Å². The van der Waals surface area contributed by atoms with Gasteiger partial charge >= 0.3 is 6.18 Å². The molecule has 0 spiro atoms. The van der Waals surface area contributed by atoms with Crippen LogP contribution < -0.4 is 5.73 Å². The standard InChI is InChI=1S/C11H8ClF3N4/c12-7-3-1-2-4-8(7)19-9(11(13,14)15)6(5-18-19)10(16)17/h1-5H,(H3,16,17). The number of hydrogen-bond donors (Lipinski definition) is 2. The van der Waals surface area contributed by atoms with E-state index in [-0.39, 0.29) is 10.7 Å². The highest BCUT2D eigenvalue weighted by atomic mass is 35.5.